The van der Waals surface area contributed by atoms with Crippen molar-refractivity contribution in [3.8, 4) is 11.5 Å². The van der Waals surface area contributed by atoms with Crippen LogP contribution in [0.3, 0.4) is 0 Å². The van der Waals surface area contributed by atoms with Crippen molar-refractivity contribution < 1.29 is 9.53 Å². The smallest absolute Gasteiger partial charge is 0.220 e. The van der Waals surface area contributed by atoms with Gasteiger partial charge in [-0.15, -0.1) is 0 Å². The van der Waals surface area contributed by atoms with Gasteiger partial charge in [0.1, 0.15) is 11.5 Å². The number of hydrogen-bond donors (Lipinski definition) is 1. The van der Waals surface area contributed by atoms with Crippen LogP contribution in [0.5, 0.6) is 11.5 Å². The lowest BCUT2D eigenvalue weighted by molar-refractivity contribution is -0.121. The van der Waals surface area contributed by atoms with Crippen LogP contribution in [-0.4, -0.2) is 17.0 Å². The van der Waals surface area contributed by atoms with E-state index in [1.165, 1.54) is 11.1 Å². The Balaban J connectivity index is 1.33. The maximum absolute atomic E-state index is 13.5. The van der Waals surface area contributed by atoms with Gasteiger partial charge in [0, 0.05) is 42.5 Å². The highest BCUT2D eigenvalue weighted by Gasteiger charge is 2.23. The molecule has 1 aromatic heterocycles. The summed E-state index contributed by atoms with van der Waals surface area (Å²) < 4.78 is 8.49. The van der Waals surface area contributed by atoms with E-state index < -0.39 is 0 Å². The normalized spacial score (nSPS) is 11.7. The molecule has 0 aliphatic carbocycles. The van der Waals surface area contributed by atoms with Crippen LogP contribution in [0.4, 0.5) is 0 Å². The van der Waals surface area contributed by atoms with Crippen LogP contribution in [0.1, 0.15) is 34.6 Å². The molecule has 1 atom stereocenters. The summed E-state index contributed by atoms with van der Waals surface area (Å²) >= 11 is 0. The molecule has 0 saturated heterocycles. The number of carbonyl (C=O) groups excluding carboxylic acids is 1. The van der Waals surface area contributed by atoms with Crippen molar-refractivity contribution in [3.05, 3.63) is 168 Å². The van der Waals surface area contributed by atoms with Crippen LogP contribution in [0.2, 0.25) is 0 Å². The highest BCUT2D eigenvalue weighted by atomic mass is 16.5. The first-order valence-electron chi connectivity index (χ1n) is 14.5. The number of carbonyl (C=O) groups is 1. The van der Waals surface area contributed by atoms with E-state index in [1.54, 1.807) is 0 Å². The second kappa shape index (κ2) is 13.0. The molecule has 0 radical (unpaired) electrons. The molecule has 0 aliphatic heterocycles. The minimum atomic E-state index is -0.150. The van der Waals surface area contributed by atoms with Crippen molar-refractivity contribution in [3.63, 3.8) is 0 Å². The molecule has 0 fully saturated rings. The second-order valence-corrected chi connectivity index (χ2v) is 10.5. The lowest BCUT2D eigenvalue weighted by Crippen LogP contribution is -2.27. The molecule has 1 N–H and O–H groups in total. The molecule has 0 unspecified atom stereocenters. The summed E-state index contributed by atoms with van der Waals surface area (Å²) in [6, 6.07) is 47.1. The van der Waals surface area contributed by atoms with Crippen LogP contribution >= 0.6 is 0 Å². The summed E-state index contributed by atoms with van der Waals surface area (Å²) in [5, 5.41) is 4.33. The van der Waals surface area contributed by atoms with Gasteiger partial charge in [0.25, 0.3) is 0 Å². The van der Waals surface area contributed by atoms with Gasteiger partial charge in [0.05, 0.1) is 0 Å². The molecule has 0 spiro atoms. The lowest BCUT2D eigenvalue weighted by Gasteiger charge is -2.18. The number of hydrogen-bond acceptors (Lipinski definition) is 2. The van der Waals surface area contributed by atoms with E-state index in [1.807, 2.05) is 66.7 Å². The summed E-state index contributed by atoms with van der Waals surface area (Å²) in [4.78, 5) is 13.5. The molecule has 208 valence electrons. The predicted octanol–water partition coefficient (Wildman–Crippen LogP) is 8.36. The fourth-order valence-electron chi connectivity index (χ4n) is 5.54. The Morgan fingerprint density at radius 3 is 2.10 bits per heavy atom. The van der Waals surface area contributed by atoms with E-state index >= 15 is 0 Å². The van der Waals surface area contributed by atoms with Crippen molar-refractivity contribution in [2.24, 2.45) is 0 Å². The van der Waals surface area contributed by atoms with Gasteiger partial charge in [0.2, 0.25) is 5.91 Å². The third kappa shape index (κ3) is 6.61. The number of aromatic nitrogens is 1. The maximum Gasteiger partial charge on any atom is 0.220 e. The Bertz CT molecular complexity index is 1740. The minimum Gasteiger partial charge on any atom is -0.457 e. The average Bonchev–Trinajstić information content (AvgIpc) is 3.39. The first kappa shape index (κ1) is 27.1. The van der Waals surface area contributed by atoms with Gasteiger partial charge < -0.3 is 14.6 Å². The maximum atomic E-state index is 13.5. The summed E-state index contributed by atoms with van der Waals surface area (Å²) in [5.41, 5.74) is 5.78. The fourth-order valence-corrected chi connectivity index (χ4v) is 5.54. The van der Waals surface area contributed by atoms with Gasteiger partial charge in [-0.25, -0.2) is 0 Å². The number of fused-ring (bicyclic) bond motifs is 1. The topological polar surface area (TPSA) is 43.3 Å². The van der Waals surface area contributed by atoms with E-state index in [0.717, 1.165) is 46.5 Å². The number of rotatable bonds is 11. The molecule has 6 rings (SSSR count). The zero-order chi connectivity index (χ0) is 28.6. The van der Waals surface area contributed by atoms with Gasteiger partial charge in [-0.1, -0.05) is 109 Å². The van der Waals surface area contributed by atoms with Crippen LogP contribution in [0, 0.1) is 0 Å². The molecule has 6 aromatic rings. The number of nitrogens with zero attached hydrogens (tertiary/aromatic N) is 1. The van der Waals surface area contributed by atoms with Gasteiger partial charge in [-0.3, -0.25) is 4.79 Å². The third-order valence-electron chi connectivity index (χ3n) is 7.60. The van der Waals surface area contributed by atoms with Crippen LogP contribution < -0.4 is 10.1 Å². The number of benzene rings is 5. The summed E-state index contributed by atoms with van der Waals surface area (Å²) in [5.74, 6) is 1.42. The molecule has 0 aliphatic rings. The van der Waals surface area contributed by atoms with Gasteiger partial charge in [-0.2, -0.15) is 0 Å². The van der Waals surface area contributed by atoms with E-state index in [2.05, 4.69) is 88.9 Å². The SMILES string of the molecule is O=C(C[C@H](c1cccc(Oc2ccccc2)c1)c1cn(Cc2ccccc2)c2ccccc12)NCCc1ccccc1. The monoisotopic (exact) mass is 550 g/mol. The fraction of sp³-hybridized carbons (Fsp3) is 0.132. The summed E-state index contributed by atoms with van der Waals surface area (Å²) in [7, 11) is 0. The number of nitrogens with one attached hydrogen (secondary N) is 1. The van der Waals surface area contributed by atoms with E-state index in [-0.39, 0.29) is 11.8 Å². The van der Waals surface area contributed by atoms with E-state index in [4.69, 9.17) is 4.74 Å². The zero-order valence-corrected chi connectivity index (χ0v) is 23.5. The highest BCUT2D eigenvalue weighted by molar-refractivity contribution is 5.87. The first-order valence-corrected chi connectivity index (χ1v) is 14.5. The van der Waals surface area contributed by atoms with Crippen LogP contribution in [-0.2, 0) is 17.8 Å². The van der Waals surface area contributed by atoms with Crippen molar-refractivity contribution in [2.75, 3.05) is 6.54 Å². The lowest BCUT2D eigenvalue weighted by atomic mass is 9.88. The summed E-state index contributed by atoms with van der Waals surface area (Å²) in [6.07, 6.45) is 3.36. The molecule has 1 heterocycles. The third-order valence-corrected chi connectivity index (χ3v) is 7.60. The number of para-hydroxylation sites is 2. The standard InChI is InChI=1S/C38H34N2O2/c41-38(39-24-23-29-13-4-1-5-14-29)26-35(31-17-12-20-33(25-31)42-32-18-8-3-9-19-32)36-28-40(27-30-15-6-2-7-16-30)37-22-11-10-21-34(36)37/h1-22,25,28,35H,23-24,26-27H2,(H,39,41)/t35-/m1/s1. The molecule has 4 nitrogen and oxygen atoms in total. The molecular formula is C38H34N2O2. The van der Waals surface area contributed by atoms with Crippen molar-refractivity contribution >= 4 is 16.8 Å². The van der Waals surface area contributed by atoms with Crippen LogP contribution in [0.25, 0.3) is 10.9 Å². The quantitative estimate of drug-likeness (QED) is 0.176. The molecule has 4 heteroatoms. The van der Waals surface area contributed by atoms with Crippen LogP contribution in [0.15, 0.2) is 146 Å². The number of ether oxygens (including phenoxy) is 1. The molecule has 42 heavy (non-hydrogen) atoms. The predicted molar refractivity (Wildman–Crippen MR) is 170 cm³/mol. The Morgan fingerprint density at radius 1 is 0.690 bits per heavy atom. The molecule has 0 saturated carbocycles. The molecule has 5 aromatic carbocycles. The van der Waals surface area contributed by atoms with Gasteiger partial charge in [0.15, 0.2) is 0 Å². The van der Waals surface area contributed by atoms with Gasteiger partial charge in [-0.05, 0) is 59.0 Å². The second-order valence-electron chi connectivity index (χ2n) is 10.5. The Hall–Kier alpha value is -5.09. The summed E-state index contributed by atoms with van der Waals surface area (Å²) in [6.45, 7) is 1.36. The Morgan fingerprint density at radius 2 is 1.33 bits per heavy atom. The highest BCUT2D eigenvalue weighted by Crippen LogP contribution is 2.37. The molecule has 0 bridgehead atoms. The Labute approximate surface area is 247 Å². The minimum absolute atomic E-state index is 0.0326. The first-order chi connectivity index (χ1) is 20.7. The van der Waals surface area contributed by atoms with E-state index in [0.29, 0.717) is 13.0 Å². The zero-order valence-electron chi connectivity index (χ0n) is 23.5. The largest absolute Gasteiger partial charge is 0.457 e. The number of amides is 1. The average molecular weight is 551 g/mol. The molecule has 1 amide bonds. The van der Waals surface area contributed by atoms with Crippen molar-refractivity contribution in [2.45, 2.75) is 25.3 Å². The molecular weight excluding hydrogens is 516 g/mol. The van der Waals surface area contributed by atoms with E-state index in [9.17, 15) is 4.79 Å². The van der Waals surface area contributed by atoms with Gasteiger partial charge >= 0.3 is 0 Å². The van der Waals surface area contributed by atoms with Crippen molar-refractivity contribution in [1.82, 2.24) is 9.88 Å². The Kier molecular flexibility index (Phi) is 8.42. The van der Waals surface area contributed by atoms with Crippen molar-refractivity contribution in [1.29, 1.82) is 0 Å².